The fourth-order valence-corrected chi connectivity index (χ4v) is 4.12. The van der Waals surface area contributed by atoms with Gasteiger partial charge in [-0.2, -0.15) is 0 Å². The van der Waals surface area contributed by atoms with E-state index in [2.05, 4.69) is 0 Å². The number of aromatic nitrogens is 2. The van der Waals surface area contributed by atoms with Crippen LogP contribution in [0.5, 0.6) is 0 Å². The van der Waals surface area contributed by atoms with Gasteiger partial charge < -0.3 is 14.0 Å². The van der Waals surface area contributed by atoms with Gasteiger partial charge in [0.15, 0.2) is 0 Å². The van der Waals surface area contributed by atoms with E-state index in [1.807, 2.05) is 0 Å². The molecule has 1 saturated heterocycles. The Hall–Kier alpha value is -2.38. The van der Waals surface area contributed by atoms with Crippen LogP contribution in [0.15, 0.2) is 41.5 Å². The minimum atomic E-state index is -1.02. The number of halogens is 4. The maximum atomic E-state index is 13.4. The van der Waals surface area contributed by atoms with E-state index >= 15 is 0 Å². The smallest absolute Gasteiger partial charge is 0.261 e. The highest BCUT2D eigenvalue weighted by molar-refractivity contribution is 6.42. The van der Waals surface area contributed by atoms with Crippen molar-refractivity contribution >= 4 is 40.0 Å². The summed E-state index contributed by atoms with van der Waals surface area (Å²) in [6.07, 6.45) is 2.50. The van der Waals surface area contributed by atoms with Crippen LogP contribution in [0.3, 0.4) is 0 Å². The Kier molecular flexibility index (Phi) is 5.84. The van der Waals surface area contributed by atoms with Gasteiger partial charge in [-0.1, -0.05) is 29.3 Å². The first-order chi connectivity index (χ1) is 14.4. The van der Waals surface area contributed by atoms with Crippen LogP contribution in [0.1, 0.15) is 6.42 Å². The van der Waals surface area contributed by atoms with Crippen LogP contribution in [0.2, 0.25) is 10.0 Å². The quantitative estimate of drug-likeness (QED) is 0.577. The number of likely N-dealkylation sites (tertiary alicyclic amines) is 1. The van der Waals surface area contributed by atoms with Gasteiger partial charge in [0.1, 0.15) is 19.4 Å². The van der Waals surface area contributed by atoms with Gasteiger partial charge in [-0.3, -0.25) is 9.59 Å². The van der Waals surface area contributed by atoms with Gasteiger partial charge in [0, 0.05) is 24.5 Å². The Morgan fingerprint density at radius 2 is 1.97 bits per heavy atom. The minimum Gasteiger partial charge on any atom is -0.344 e. The van der Waals surface area contributed by atoms with Gasteiger partial charge >= 0.3 is 0 Å². The van der Waals surface area contributed by atoms with Crippen molar-refractivity contribution in [2.75, 3.05) is 19.8 Å². The number of pyridine rings is 1. The van der Waals surface area contributed by atoms with E-state index in [1.165, 1.54) is 15.7 Å². The number of hydrogen-bond donors (Lipinski definition) is 0. The monoisotopic (exact) mass is 453 g/mol. The van der Waals surface area contributed by atoms with Gasteiger partial charge in [0.2, 0.25) is 5.91 Å². The number of fused-ring (bicyclic) bond motifs is 1. The number of nitrogens with zero attached hydrogens (tertiary/aromatic N) is 3. The number of rotatable bonds is 5. The molecule has 1 fully saturated rings. The van der Waals surface area contributed by atoms with E-state index in [-0.39, 0.29) is 31.1 Å². The Morgan fingerprint density at radius 3 is 2.63 bits per heavy atom. The van der Waals surface area contributed by atoms with Gasteiger partial charge in [0.05, 0.1) is 34.0 Å². The Balaban J connectivity index is 1.79. The molecule has 1 aliphatic heterocycles. The third-order valence-corrected chi connectivity index (χ3v) is 6.09. The number of hydrogen-bond acceptors (Lipinski definition) is 2. The summed E-state index contributed by atoms with van der Waals surface area (Å²) in [5, 5.41) is 1.08. The molecule has 30 heavy (non-hydrogen) atoms. The standard InChI is InChI=1S/C21H19Cl2F2N3O2/c22-16-2-1-13(9-17(16)23)15-11-26(8-5-24)18-4-7-28(21(30)20(15)18)12-19(29)27-6-3-14(25)10-27/h1-2,4,7,9,11,14H,3,5-6,8,10,12H2. The summed E-state index contributed by atoms with van der Waals surface area (Å²) in [7, 11) is 0. The molecular formula is C21H19Cl2F2N3O2. The fourth-order valence-electron chi connectivity index (χ4n) is 3.82. The van der Waals surface area contributed by atoms with Crippen molar-refractivity contribution in [2.45, 2.75) is 25.7 Å². The zero-order chi connectivity index (χ0) is 21.4. The second kappa shape index (κ2) is 8.40. The van der Waals surface area contributed by atoms with Crippen molar-refractivity contribution in [3.8, 4) is 11.1 Å². The lowest BCUT2D eigenvalue weighted by Gasteiger charge is -2.16. The van der Waals surface area contributed by atoms with E-state index in [0.29, 0.717) is 45.0 Å². The molecule has 0 radical (unpaired) electrons. The third kappa shape index (κ3) is 3.84. The van der Waals surface area contributed by atoms with Crippen LogP contribution in [-0.4, -0.2) is 45.9 Å². The SMILES string of the molecule is O=C(Cn1ccc2c(c(-c3ccc(Cl)c(Cl)c3)cn2CCF)c1=O)N1CCC(F)C1. The Labute approximate surface area is 181 Å². The second-order valence-electron chi connectivity index (χ2n) is 7.29. The number of aryl methyl sites for hydroxylation is 1. The molecule has 1 unspecified atom stereocenters. The molecule has 0 bridgehead atoms. The highest BCUT2D eigenvalue weighted by Crippen LogP contribution is 2.33. The Morgan fingerprint density at radius 1 is 1.17 bits per heavy atom. The predicted octanol–water partition coefficient (Wildman–Crippen LogP) is 4.32. The largest absolute Gasteiger partial charge is 0.344 e. The van der Waals surface area contributed by atoms with Gasteiger partial charge in [-0.05, 0) is 30.2 Å². The first-order valence-electron chi connectivity index (χ1n) is 9.54. The molecule has 0 spiro atoms. The average Bonchev–Trinajstić information content (AvgIpc) is 3.31. The molecule has 158 valence electrons. The number of carbonyl (C=O) groups excluding carboxylic acids is 1. The topological polar surface area (TPSA) is 47.2 Å². The summed E-state index contributed by atoms with van der Waals surface area (Å²) in [5.41, 5.74) is 1.42. The lowest BCUT2D eigenvalue weighted by Crippen LogP contribution is -2.35. The van der Waals surface area contributed by atoms with Crippen molar-refractivity contribution < 1.29 is 13.6 Å². The van der Waals surface area contributed by atoms with E-state index in [4.69, 9.17) is 23.2 Å². The summed E-state index contributed by atoms with van der Waals surface area (Å²) >= 11 is 12.2. The molecule has 1 aliphatic rings. The highest BCUT2D eigenvalue weighted by Gasteiger charge is 2.26. The predicted molar refractivity (Wildman–Crippen MR) is 114 cm³/mol. The Bertz CT molecular complexity index is 1180. The van der Waals surface area contributed by atoms with Crippen LogP contribution >= 0.6 is 23.2 Å². The molecule has 3 aromatic rings. The highest BCUT2D eigenvalue weighted by atomic mass is 35.5. The van der Waals surface area contributed by atoms with Gasteiger partial charge in [-0.25, -0.2) is 8.78 Å². The van der Waals surface area contributed by atoms with Gasteiger partial charge in [-0.15, -0.1) is 0 Å². The molecule has 3 heterocycles. The van der Waals surface area contributed by atoms with Crippen molar-refractivity contribution in [3.05, 3.63) is 57.1 Å². The molecule has 1 atom stereocenters. The van der Waals surface area contributed by atoms with E-state index in [9.17, 15) is 18.4 Å². The summed E-state index contributed by atoms with van der Waals surface area (Å²) in [5.74, 6) is -0.309. The summed E-state index contributed by atoms with van der Waals surface area (Å²) in [6.45, 7) is -0.288. The molecule has 0 saturated carbocycles. The van der Waals surface area contributed by atoms with Crippen molar-refractivity contribution in [2.24, 2.45) is 0 Å². The van der Waals surface area contributed by atoms with Crippen LogP contribution in [0.4, 0.5) is 8.78 Å². The average molecular weight is 454 g/mol. The molecule has 9 heteroatoms. The molecule has 2 aromatic heterocycles. The van der Waals surface area contributed by atoms with Crippen LogP contribution in [0.25, 0.3) is 22.0 Å². The first kappa shape index (κ1) is 20.9. The zero-order valence-electron chi connectivity index (χ0n) is 16.0. The lowest BCUT2D eigenvalue weighted by molar-refractivity contribution is -0.131. The van der Waals surface area contributed by atoms with Crippen LogP contribution < -0.4 is 5.56 Å². The maximum absolute atomic E-state index is 13.4. The number of amides is 1. The number of carbonyl (C=O) groups is 1. The van der Waals surface area contributed by atoms with Crippen LogP contribution in [-0.2, 0) is 17.9 Å². The summed E-state index contributed by atoms with van der Waals surface area (Å²) in [6, 6.07) is 6.69. The third-order valence-electron chi connectivity index (χ3n) is 5.35. The molecule has 5 nitrogen and oxygen atoms in total. The fraction of sp³-hybridized carbons (Fsp3) is 0.333. The molecular weight excluding hydrogens is 435 g/mol. The van der Waals surface area contributed by atoms with Gasteiger partial charge in [0.25, 0.3) is 5.56 Å². The maximum Gasteiger partial charge on any atom is 0.261 e. The van der Waals surface area contributed by atoms with Crippen molar-refractivity contribution in [1.82, 2.24) is 14.0 Å². The molecule has 0 aliphatic carbocycles. The molecule has 0 N–H and O–H groups in total. The van der Waals surface area contributed by atoms with Crippen molar-refractivity contribution in [3.63, 3.8) is 0 Å². The molecule has 1 aromatic carbocycles. The van der Waals surface area contributed by atoms with Crippen LogP contribution in [0, 0.1) is 0 Å². The molecule has 1 amide bonds. The van der Waals surface area contributed by atoms with E-state index < -0.39 is 12.8 Å². The van der Waals surface area contributed by atoms with E-state index in [0.717, 1.165) is 0 Å². The normalized spacial score (nSPS) is 16.5. The second-order valence-corrected chi connectivity index (χ2v) is 8.10. The first-order valence-corrected chi connectivity index (χ1v) is 10.3. The number of alkyl halides is 2. The number of benzene rings is 1. The summed E-state index contributed by atoms with van der Waals surface area (Å²) < 4.78 is 29.5. The zero-order valence-corrected chi connectivity index (χ0v) is 17.5. The summed E-state index contributed by atoms with van der Waals surface area (Å²) in [4.78, 5) is 27.2. The van der Waals surface area contributed by atoms with Crippen molar-refractivity contribution in [1.29, 1.82) is 0 Å². The molecule has 4 rings (SSSR count). The minimum absolute atomic E-state index is 0.0528. The van der Waals surface area contributed by atoms with E-state index in [1.54, 1.807) is 35.0 Å². The lowest BCUT2D eigenvalue weighted by atomic mass is 10.1.